The van der Waals surface area contributed by atoms with Crippen LogP contribution in [0.5, 0.6) is 0 Å². The summed E-state index contributed by atoms with van der Waals surface area (Å²) in [6.07, 6.45) is 0.480. The first-order valence-corrected chi connectivity index (χ1v) is 12.5. The molecule has 0 saturated heterocycles. The molecule has 5 rings (SSSR count). The molecule has 35 heavy (non-hydrogen) atoms. The number of carbonyl (C=O) groups excluding carboxylic acids is 1. The zero-order valence-corrected chi connectivity index (χ0v) is 20.5. The molecule has 0 aliphatic rings. The molecule has 1 atom stereocenters. The van der Waals surface area contributed by atoms with Gasteiger partial charge in [-0.1, -0.05) is 54.6 Å². The summed E-state index contributed by atoms with van der Waals surface area (Å²) in [4.78, 5) is 40.8. The van der Waals surface area contributed by atoms with Crippen LogP contribution >= 0.6 is 11.3 Å². The molecule has 0 spiro atoms. The van der Waals surface area contributed by atoms with Crippen molar-refractivity contribution in [3.8, 4) is 0 Å². The Labute approximate surface area is 207 Å². The highest BCUT2D eigenvalue weighted by molar-refractivity contribution is 7.18. The number of likely N-dealkylation sites (N-methyl/N-ethyl adjacent to an activating group) is 1. The van der Waals surface area contributed by atoms with Gasteiger partial charge >= 0.3 is 0 Å². The van der Waals surface area contributed by atoms with Gasteiger partial charge < -0.3 is 9.88 Å². The van der Waals surface area contributed by atoms with E-state index in [0.29, 0.717) is 29.7 Å². The molecule has 2 heterocycles. The van der Waals surface area contributed by atoms with E-state index in [1.54, 1.807) is 22.3 Å². The van der Waals surface area contributed by atoms with Crippen molar-refractivity contribution in [2.24, 2.45) is 0 Å². The molecule has 0 aliphatic heterocycles. The van der Waals surface area contributed by atoms with Crippen molar-refractivity contribution < 1.29 is 4.79 Å². The zero-order valence-electron chi connectivity index (χ0n) is 19.7. The van der Waals surface area contributed by atoms with E-state index in [1.807, 2.05) is 80.6 Å². The van der Waals surface area contributed by atoms with Gasteiger partial charge in [0.2, 0.25) is 5.91 Å². The molecule has 0 aliphatic carbocycles. The SMILES string of the molecule is CCN(Cc1nc2ccccc2c(=O)[nH]1)C(=O)C(C)(Cc1nc2ccccc2s1)c1ccccc1. The molecule has 7 heteroatoms. The molecule has 1 unspecified atom stereocenters. The second-order valence-electron chi connectivity index (χ2n) is 8.80. The summed E-state index contributed by atoms with van der Waals surface area (Å²) in [5.41, 5.74) is 1.47. The van der Waals surface area contributed by atoms with Crippen LogP contribution in [0.2, 0.25) is 0 Å². The number of hydrogen-bond donors (Lipinski definition) is 1. The third-order valence-electron chi connectivity index (χ3n) is 6.40. The van der Waals surface area contributed by atoms with Gasteiger partial charge in [-0.2, -0.15) is 0 Å². The average molecular weight is 483 g/mol. The summed E-state index contributed by atoms with van der Waals surface area (Å²) < 4.78 is 1.11. The number of H-pyrrole nitrogens is 1. The lowest BCUT2D eigenvalue weighted by atomic mass is 9.78. The Morgan fingerprint density at radius 3 is 2.37 bits per heavy atom. The minimum atomic E-state index is -0.831. The van der Waals surface area contributed by atoms with E-state index < -0.39 is 5.41 Å². The number of thiazole rings is 1. The Hall–Kier alpha value is -3.84. The van der Waals surface area contributed by atoms with E-state index in [-0.39, 0.29) is 18.0 Å². The van der Waals surface area contributed by atoms with Crippen LogP contribution in [-0.4, -0.2) is 32.3 Å². The standard InChI is InChI=1S/C28H26N4O2S/c1-3-32(18-24-29-21-14-8-7-13-20(21)26(33)31-24)27(34)28(2,19-11-5-4-6-12-19)17-25-30-22-15-9-10-16-23(22)35-25/h4-16H,3,17-18H2,1-2H3,(H,29,31,33). The van der Waals surface area contributed by atoms with Crippen LogP contribution in [0.1, 0.15) is 30.2 Å². The molecule has 0 fully saturated rings. The molecule has 1 amide bonds. The van der Waals surface area contributed by atoms with Gasteiger partial charge in [0.1, 0.15) is 5.82 Å². The summed E-state index contributed by atoms with van der Waals surface area (Å²) >= 11 is 1.62. The lowest BCUT2D eigenvalue weighted by Gasteiger charge is -2.34. The molecule has 0 saturated carbocycles. The van der Waals surface area contributed by atoms with E-state index in [1.165, 1.54) is 0 Å². The second kappa shape index (κ2) is 9.43. The Balaban J connectivity index is 1.51. The molecule has 176 valence electrons. The molecule has 6 nitrogen and oxygen atoms in total. The van der Waals surface area contributed by atoms with Gasteiger partial charge in [0, 0.05) is 13.0 Å². The highest BCUT2D eigenvalue weighted by Crippen LogP contribution is 2.34. The molecule has 0 radical (unpaired) electrons. The van der Waals surface area contributed by atoms with Crippen LogP contribution < -0.4 is 5.56 Å². The van der Waals surface area contributed by atoms with Crippen LogP contribution in [0.4, 0.5) is 0 Å². The van der Waals surface area contributed by atoms with E-state index >= 15 is 0 Å². The van der Waals surface area contributed by atoms with E-state index in [9.17, 15) is 9.59 Å². The number of nitrogens with zero attached hydrogens (tertiary/aromatic N) is 3. The zero-order chi connectivity index (χ0) is 24.4. The number of amides is 1. The number of para-hydroxylation sites is 2. The highest BCUT2D eigenvalue weighted by Gasteiger charge is 2.39. The summed E-state index contributed by atoms with van der Waals surface area (Å²) in [5.74, 6) is 0.445. The summed E-state index contributed by atoms with van der Waals surface area (Å²) in [6.45, 7) is 4.63. The van der Waals surface area contributed by atoms with Crippen molar-refractivity contribution in [3.05, 3.63) is 106 Å². The van der Waals surface area contributed by atoms with E-state index in [2.05, 4.69) is 16.0 Å². The fourth-order valence-corrected chi connectivity index (χ4v) is 5.60. The molecule has 3 aromatic carbocycles. The molecule has 2 aromatic heterocycles. The van der Waals surface area contributed by atoms with Gasteiger partial charge in [-0.15, -0.1) is 11.3 Å². The smallest absolute Gasteiger partial charge is 0.258 e. The number of hydrogen-bond acceptors (Lipinski definition) is 5. The molecular formula is C28H26N4O2S. The topological polar surface area (TPSA) is 79.0 Å². The maximum absolute atomic E-state index is 14.2. The molecule has 0 bridgehead atoms. The van der Waals surface area contributed by atoms with Crippen LogP contribution in [-0.2, 0) is 23.2 Å². The summed E-state index contributed by atoms with van der Waals surface area (Å²) in [7, 11) is 0. The normalized spacial score (nSPS) is 13.1. The number of aromatic amines is 1. The predicted octanol–water partition coefficient (Wildman–Crippen LogP) is 5.08. The quantitative estimate of drug-likeness (QED) is 0.351. The van der Waals surface area contributed by atoms with Gasteiger partial charge in [-0.25, -0.2) is 9.97 Å². The number of rotatable bonds is 7. The first kappa shape index (κ1) is 22.9. The summed E-state index contributed by atoms with van der Waals surface area (Å²) in [5, 5.41) is 1.45. The van der Waals surface area contributed by atoms with Crippen LogP contribution in [0, 0.1) is 0 Å². The van der Waals surface area contributed by atoms with Crippen LogP contribution in [0.25, 0.3) is 21.1 Å². The van der Waals surface area contributed by atoms with Crippen LogP contribution in [0.3, 0.4) is 0 Å². The van der Waals surface area contributed by atoms with Gasteiger partial charge in [-0.3, -0.25) is 9.59 Å². The van der Waals surface area contributed by atoms with Crippen molar-refractivity contribution in [2.45, 2.75) is 32.2 Å². The Morgan fingerprint density at radius 1 is 0.943 bits per heavy atom. The first-order valence-electron chi connectivity index (χ1n) is 11.7. The minimum Gasteiger partial charge on any atom is -0.335 e. The minimum absolute atomic E-state index is 0.0266. The second-order valence-corrected chi connectivity index (χ2v) is 9.91. The summed E-state index contributed by atoms with van der Waals surface area (Å²) in [6, 6.07) is 25.1. The molecule has 1 N–H and O–H groups in total. The maximum Gasteiger partial charge on any atom is 0.258 e. The number of carbonyl (C=O) groups is 1. The van der Waals surface area contributed by atoms with Crippen LogP contribution in [0.15, 0.2) is 83.7 Å². The number of fused-ring (bicyclic) bond motifs is 2. The monoisotopic (exact) mass is 482 g/mol. The Morgan fingerprint density at radius 2 is 1.63 bits per heavy atom. The lowest BCUT2D eigenvalue weighted by Crippen LogP contribution is -2.46. The van der Waals surface area contributed by atoms with Gasteiger partial charge in [0.15, 0.2) is 0 Å². The largest absolute Gasteiger partial charge is 0.335 e. The Bertz CT molecular complexity index is 1530. The van der Waals surface area contributed by atoms with Gasteiger partial charge in [-0.05, 0) is 43.7 Å². The highest BCUT2D eigenvalue weighted by atomic mass is 32.1. The van der Waals surface area contributed by atoms with E-state index in [4.69, 9.17) is 4.98 Å². The van der Waals surface area contributed by atoms with Crippen molar-refractivity contribution >= 4 is 38.4 Å². The third-order valence-corrected chi connectivity index (χ3v) is 7.43. The van der Waals surface area contributed by atoms with Gasteiger partial charge in [0.05, 0.1) is 38.1 Å². The van der Waals surface area contributed by atoms with Gasteiger partial charge in [0.25, 0.3) is 5.56 Å². The van der Waals surface area contributed by atoms with Crippen molar-refractivity contribution in [1.82, 2.24) is 19.9 Å². The maximum atomic E-state index is 14.2. The third kappa shape index (κ3) is 4.47. The number of nitrogens with one attached hydrogen (secondary N) is 1. The average Bonchev–Trinajstić information content (AvgIpc) is 3.29. The fraction of sp³-hybridized carbons (Fsp3) is 0.214. The number of aromatic nitrogens is 3. The predicted molar refractivity (Wildman–Crippen MR) is 141 cm³/mol. The number of benzene rings is 3. The molecule has 5 aromatic rings. The fourth-order valence-electron chi connectivity index (χ4n) is 4.47. The molecular weight excluding hydrogens is 456 g/mol. The first-order chi connectivity index (χ1) is 17.0. The lowest BCUT2D eigenvalue weighted by molar-refractivity contribution is -0.137. The Kier molecular flexibility index (Phi) is 6.17. The van der Waals surface area contributed by atoms with E-state index in [0.717, 1.165) is 20.8 Å². The van der Waals surface area contributed by atoms with Crippen molar-refractivity contribution in [2.75, 3.05) is 6.54 Å². The van der Waals surface area contributed by atoms with Crippen molar-refractivity contribution in [1.29, 1.82) is 0 Å². The van der Waals surface area contributed by atoms with Crippen molar-refractivity contribution in [3.63, 3.8) is 0 Å².